The van der Waals surface area contributed by atoms with Crippen LogP contribution in [0.2, 0.25) is 0 Å². The zero-order chi connectivity index (χ0) is 8.69. The van der Waals surface area contributed by atoms with E-state index in [1.807, 2.05) is 0 Å². The lowest BCUT2D eigenvalue weighted by Crippen LogP contribution is -2.15. The first-order valence-electron chi connectivity index (χ1n) is 4.92. The average molecular weight is 157 g/mol. The summed E-state index contributed by atoms with van der Waals surface area (Å²) in [7, 11) is 1.50. The van der Waals surface area contributed by atoms with Gasteiger partial charge in [0.1, 0.15) is 0 Å². The first-order chi connectivity index (χ1) is 5.34. The summed E-state index contributed by atoms with van der Waals surface area (Å²) < 4.78 is 0. The van der Waals surface area contributed by atoms with Gasteiger partial charge >= 0.3 is 0 Å². The van der Waals surface area contributed by atoms with Crippen molar-refractivity contribution in [2.45, 2.75) is 46.0 Å². The molecule has 11 heavy (non-hydrogen) atoms. The van der Waals surface area contributed by atoms with Crippen LogP contribution in [0.5, 0.6) is 0 Å². The van der Waals surface area contributed by atoms with Crippen molar-refractivity contribution in [3.8, 4) is 0 Å². The molecule has 1 heteroatoms. The van der Waals surface area contributed by atoms with E-state index in [0.29, 0.717) is 0 Å². The third-order valence-corrected chi connectivity index (χ3v) is 2.81. The van der Waals surface area contributed by atoms with Gasteiger partial charge in [0.25, 0.3) is 0 Å². The maximum Gasteiger partial charge on any atom is -0.0195 e. The van der Waals surface area contributed by atoms with Crippen molar-refractivity contribution in [3.05, 3.63) is 0 Å². The van der Waals surface area contributed by atoms with Gasteiger partial charge in [-0.1, -0.05) is 46.0 Å². The molecule has 0 unspecified atom stereocenters. The molecule has 0 aliphatic heterocycles. The number of hydrogen-bond acceptors (Lipinski definition) is 1. The molecule has 1 nitrogen and oxygen atoms in total. The molecular formula is C10H23N. The second-order valence-electron chi connectivity index (χ2n) is 3.43. The second-order valence-corrected chi connectivity index (χ2v) is 3.43. The molecule has 68 valence electrons. The van der Waals surface area contributed by atoms with E-state index >= 15 is 0 Å². The third kappa shape index (κ3) is 3.76. The number of rotatable bonds is 1. The van der Waals surface area contributed by atoms with Crippen molar-refractivity contribution in [3.63, 3.8) is 0 Å². The molecule has 0 aromatic carbocycles. The maximum absolute atomic E-state index is 4.50. The molecule has 1 aliphatic carbocycles. The van der Waals surface area contributed by atoms with Crippen LogP contribution >= 0.6 is 0 Å². The van der Waals surface area contributed by atoms with Crippen LogP contribution in [0.4, 0.5) is 0 Å². The van der Waals surface area contributed by atoms with Gasteiger partial charge in [-0.15, -0.1) is 0 Å². The molecule has 1 rings (SSSR count). The predicted octanol–water partition coefficient (Wildman–Crippen LogP) is 2.80. The molecule has 2 N–H and O–H groups in total. The van der Waals surface area contributed by atoms with Crippen molar-refractivity contribution in [1.29, 1.82) is 0 Å². The minimum atomic E-state index is 1.02. The van der Waals surface area contributed by atoms with Gasteiger partial charge in [0, 0.05) is 0 Å². The van der Waals surface area contributed by atoms with E-state index in [2.05, 4.69) is 19.6 Å². The van der Waals surface area contributed by atoms with Gasteiger partial charge in [-0.2, -0.15) is 0 Å². The highest BCUT2D eigenvalue weighted by atomic mass is 14.4. The van der Waals surface area contributed by atoms with E-state index in [-0.39, 0.29) is 0 Å². The van der Waals surface area contributed by atoms with Gasteiger partial charge in [-0.05, 0) is 18.9 Å². The van der Waals surface area contributed by atoms with E-state index in [1.54, 1.807) is 0 Å². The van der Waals surface area contributed by atoms with Crippen LogP contribution in [-0.2, 0) is 0 Å². The summed E-state index contributed by atoms with van der Waals surface area (Å²) in [5.74, 6) is 2.07. The monoisotopic (exact) mass is 157 g/mol. The lowest BCUT2D eigenvalue weighted by molar-refractivity contribution is 0.249. The fourth-order valence-corrected chi connectivity index (χ4v) is 2.00. The van der Waals surface area contributed by atoms with Crippen molar-refractivity contribution >= 4 is 0 Å². The Morgan fingerprint density at radius 1 is 1.18 bits per heavy atom. The van der Waals surface area contributed by atoms with Crippen LogP contribution in [0.3, 0.4) is 0 Å². The highest BCUT2D eigenvalue weighted by Crippen LogP contribution is 2.31. The highest BCUT2D eigenvalue weighted by molar-refractivity contribution is 4.70. The fourth-order valence-electron chi connectivity index (χ4n) is 2.00. The Bertz CT molecular complexity index is 80.9. The topological polar surface area (TPSA) is 26.0 Å². The Balaban J connectivity index is 0.000000461. The van der Waals surface area contributed by atoms with Crippen LogP contribution in [0.1, 0.15) is 46.0 Å². The van der Waals surface area contributed by atoms with E-state index < -0.39 is 0 Å². The van der Waals surface area contributed by atoms with Crippen molar-refractivity contribution in [1.82, 2.24) is 0 Å². The molecule has 2 atom stereocenters. The Morgan fingerprint density at radius 2 is 1.73 bits per heavy atom. The summed E-state index contributed by atoms with van der Waals surface area (Å²) in [4.78, 5) is 0. The first-order valence-corrected chi connectivity index (χ1v) is 4.92. The largest absolute Gasteiger partial charge is 0.333 e. The molecule has 1 aliphatic rings. The van der Waals surface area contributed by atoms with Crippen LogP contribution < -0.4 is 5.73 Å². The van der Waals surface area contributed by atoms with E-state index in [0.717, 1.165) is 11.8 Å². The van der Waals surface area contributed by atoms with Gasteiger partial charge < -0.3 is 5.73 Å². The van der Waals surface area contributed by atoms with Gasteiger partial charge in [-0.3, -0.25) is 0 Å². The molecule has 0 aromatic heterocycles. The van der Waals surface area contributed by atoms with E-state index in [9.17, 15) is 0 Å². The summed E-state index contributed by atoms with van der Waals surface area (Å²) in [5.41, 5.74) is 4.50. The van der Waals surface area contributed by atoms with Crippen LogP contribution in [0.15, 0.2) is 0 Å². The normalized spacial score (nSPS) is 30.5. The van der Waals surface area contributed by atoms with Crippen molar-refractivity contribution in [2.24, 2.45) is 17.6 Å². The molecule has 0 spiro atoms. The standard InChI is InChI=1S/C9H18.CH5N/c1-3-9-7-5-4-6-8(9)2;1-2/h8-9H,3-7H2,1-2H3;2H2,1H3/t8-,9-;/m0./s1. The molecule has 0 radical (unpaired) electrons. The Hall–Kier alpha value is -0.0400. The molecule has 0 amide bonds. The zero-order valence-electron chi connectivity index (χ0n) is 8.27. The molecule has 1 saturated carbocycles. The zero-order valence-corrected chi connectivity index (χ0v) is 8.27. The first kappa shape index (κ1) is 11.0. The predicted molar refractivity (Wildman–Crippen MR) is 51.5 cm³/mol. The molecule has 0 heterocycles. The van der Waals surface area contributed by atoms with Gasteiger partial charge in [0.15, 0.2) is 0 Å². The molecule has 0 saturated heterocycles. The Morgan fingerprint density at radius 3 is 2.09 bits per heavy atom. The second kappa shape index (κ2) is 6.66. The van der Waals surface area contributed by atoms with Crippen molar-refractivity contribution < 1.29 is 0 Å². The Labute approximate surface area is 71.4 Å². The molecule has 0 aromatic rings. The van der Waals surface area contributed by atoms with Gasteiger partial charge in [0.05, 0.1) is 0 Å². The minimum Gasteiger partial charge on any atom is -0.333 e. The van der Waals surface area contributed by atoms with Gasteiger partial charge in [-0.25, -0.2) is 0 Å². The van der Waals surface area contributed by atoms with E-state index in [4.69, 9.17) is 0 Å². The molecule has 1 fully saturated rings. The van der Waals surface area contributed by atoms with Crippen molar-refractivity contribution in [2.75, 3.05) is 7.05 Å². The summed E-state index contributed by atoms with van der Waals surface area (Å²) in [6.45, 7) is 4.74. The summed E-state index contributed by atoms with van der Waals surface area (Å²) in [5, 5.41) is 0. The summed E-state index contributed by atoms with van der Waals surface area (Å²) in [6.07, 6.45) is 7.36. The third-order valence-electron chi connectivity index (χ3n) is 2.81. The van der Waals surface area contributed by atoms with Crippen LogP contribution in [0.25, 0.3) is 0 Å². The van der Waals surface area contributed by atoms with Gasteiger partial charge in [0.2, 0.25) is 0 Å². The quantitative estimate of drug-likeness (QED) is 0.622. The van der Waals surface area contributed by atoms with Crippen LogP contribution in [0, 0.1) is 11.8 Å². The smallest absolute Gasteiger partial charge is 0.0195 e. The summed E-state index contributed by atoms with van der Waals surface area (Å²) >= 11 is 0. The number of nitrogens with two attached hydrogens (primary N) is 1. The lowest BCUT2D eigenvalue weighted by Gasteiger charge is -2.27. The molecular weight excluding hydrogens is 134 g/mol. The molecule has 0 bridgehead atoms. The number of hydrogen-bond donors (Lipinski definition) is 1. The van der Waals surface area contributed by atoms with Crippen LogP contribution in [-0.4, -0.2) is 7.05 Å². The Kier molecular flexibility index (Phi) is 6.63. The minimum absolute atomic E-state index is 1.02. The highest BCUT2D eigenvalue weighted by Gasteiger charge is 2.18. The average Bonchev–Trinajstić information content (AvgIpc) is 2.09. The maximum atomic E-state index is 4.50. The summed E-state index contributed by atoms with van der Waals surface area (Å²) in [6, 6.07) is 0. The lowest BCUT2D eigenvalue weighted by atomic mass is 9.79. The fraction of sp³-hybridized carbons (Fsp3) is 1.00. The SMILES string of the molecule is CC[C@H]1CCCC[C@@H]1C.CN. The van der Waals surface area contributed by atoms with E-state index in [1.165, 1.54) is 39.2 Å².